The number of pyridine rings is 1. The van der Waals surface area contributed by atoms with Crippen LogP contribution in [0.5, 0.6) is 5.88 Å². The number of piperidine rings is 1. The van der Waals surface area contributed by atoms with Gasteiger partial charge in [-0.15, -0.1) is 0 Å². The van der Waals surface area contributed by atoms with E-state index in [0.29, 0.717) is 5.88 Å². The average Bonchev–Trinajstić information content (AvgIpc) is 2.42. The number of amides is 1. The summed E-state index contributed by atoms with van der Waals surface area (Å²) in [5.74, 6) is 0.492. The lowest BCUT2D eigenvalue weighted by molar-refractivity contribution is -0.129. The Morgan fingerprint density at radius 1 is 1.28 bits per heavy atom. The van der Waals surface area contributed by atoms with E-state index in [0.717, 1.165) is 30.2 Å². The smallest absolute Gasteiger partial charge is 0.261 e. The summed E-state index contributed by atoms with van der Waals surface area (Å²) >= 11 is 0. The summed E-state index contributed by atoms with van der Waals surface area (Å²) in [6.45, 7) is 0.738. The van der Waals surface area contributed by atoms with E-state index in [9.17, 15) is 4.79 Å². The van der Waals surface area contributed by atoms with Crippen LogP contribution in [0.4, 0.5) is 0 Å². The van der Waals surface area contributed by atoms with Crippen molar-refractivity contribution >= 4 is 16.7 Å². The summed E-state index contributed by atoms with van der Waals surface area (Å²) in [7, 11) is 0. The van der Waals surface area contributed by atoms with Gasteiger partial charge in [-0.1, -0.05) is 18.2 Å². The molecule has 4 nitrogen and oxygen atoms in total. The van der Waals surface area contributed by atoms with Crippen molar-refractivity contribution in [3.05, 3.63) is 36.5 Å². The van der Waals surface area contributed by atoms with Crippen LogP contribution in [0.15, 0.2) is 36.5 Å². The van der Waals surface area contributed by atoms with Gasteiger partial charge in [0, 0.05) is 18.1 Å². The van der Waals surface area contributed by atoms with Gasteiger partial charge in [0.1, 0.15) is 0 Å². The third-order valence-electron chi connectivity index (χ3n) is 3.13. The third kappa shape index (κ3) is 2.01. The molecule has 1 atom stereocenters. The SMILES string of the molecule is O=C1NCCCC1Oc1nccc2ccccc12. The molecule has 18 heavy (non-hydrogen) atoms. The fourth-order valence-corrected chi connectivity index (χ4v) is 2.18. The number of hydrogen-bond donors (Lipinski definition) is 1. The Kier molecular flexibility index (Phi) is 2.84. The molecule has 1 aromatic carbocycles. The highest BCUT2D eigenvalue weighted by Crippen LogP contribution is 2.24. The summed E-state index contributed by atoms with van der Waals surface area (Å²) < 4.78 is 5.76. The van der Waals surface area contributed by atoms with Crippen LogP contribution >= 0.6 is 0 Å². The predicted molar refractivity (Wildman–Crippen MR) is 68.4 cm³/mol. The number of benzene rings is 1. The van der Waals surface area contributed by atoms with Crippen LogP contribution in [0.25, 0.3) is 10.8 Å². The molecule has 0 aliphatic carbocycles. The highest BCUT2D eigenvalue weighted by atomic mass is 16.5. The number of rotatable bonds is 2. The first kappa shape index (κ1) is 11.0. The molecule has 1 aromatic heterocycles. The van der Waals surface area contributed by atoms with Crippen molar-refractivity contribution in [1.82, 2.24) is 10.3 Å². The molecular weight excluding hydrogens is 228 g/mol. The number of aromatic nitrogens is 1. The van der Waals surface area contributed by atoms with E-state index in [1.165, 1.54) is 0 Å². The quantitative estimate of drug-likeness (QED) is 0.875. The molecule has 4 heteroatoms. The molecule has 2 aromatic rings. The van der Waals surface area contributed by atoms with E-state index in [2.05, 4.69) is 10.3 Å². The van der Waals surface area contributed by atoms with Gasteiger partial charge in [-0.3, -0.25) is 4.79 Å². The van der Waals surface area contributed by atoms with Gasteiger partial charge in [-0.05, 0) is 30.4 Å². The first-order chi connectivity index (χ1) is 8.84. The minimum atomic E-state index is -0.419. The molecule has 92 valence electrons. The zero-order valence-electron chi connectivity index (χ0n) is 9.93. The second-order valence-corrected chi connectivity index (χ2v) is 4.38. The lowest BCUT2D eigenvalue weighted by Gasteiger charge is -2.22. The molecule has 1 amide bonds. The van der Waals surface area contributed by atoms with Crippen LogP contribution in [-0.2, 0) is 4.79 Å². The van der Waals surface area contributed by atoms with Crippen molar-refractivity contribution in [1.29, 1.82) is 0 Å². The van der Waals surface area contributed by atoms with Crippen molar-refractivity contribution < 1.29 is 9.53 Å². The van der Waals surface area contributed by atoms with Crippen LogP contribution in [-0.4, -0.2) is 23.5 Å². The third-order valence-corrected chi connectivity index (χ3v) is 3.13. The van der Waals surface area contributed by atoms with Crippen molar-refractivity contribution in [3.8, 4) is 5.88 Å². The number of nitrogens with one attached hydrogen (secondary N) is 1. The van der Waals surface area contributed by atoms with Gasteiger partial charge in [0.25, 0.3) is 5.91 Å². The Bertz CT molecular complexity index is 578. The van der Waals surface area contributed by atoms with Crippen molar-refractivity contribution in [2.75, 3.05) is 6.54 Å². The van der Waals surface area contributed by atoms with Crippen LogP contribution < -0.4 is 10.1 Å². The van der Waals surface area contributed by atoms with Gasteiger partial charge >= 0.3 is 0 Å². The van der Waals surface area contributed by atoms with E-state index in [-0.39, 0.29) is 5.91 Å². The van der Waals surface area contributed by atoms with Crippen molar-refractivity contribution in [3.63, 3.8) is 0 Å². The van der Waals surface area contributed by atoms with Crippen LogP contribution in [0.1, 0.15) is 12.8 Å². The molecule has 1 saturated heterocycles. The molecule has 0 radical (unpaired) electrons. The van der Waals surface area contributed by atoms with Gasteiger partial charge in [0.15, 0.2) is 6.10 Å². The monoisotopic (exact) mass is 242 g/mol. The Balaban J connectivity index is 1.92. The summed E-state index contributed by atoms with van der Waals surface area (Å²) in [5, 5.41) is 4.82. The molecule has 1 aliphatic rings. The maximum absolute atomic E-state index is 11.7. The number of hydrogen-bond acceptors (Lipinski definition) is 3. The van der Waals surface area contributed by atoms with Crippen LogP contribution in [0.2, 0.25) is 0 Å². The molecule has 1 unspecified atom stereocenters. The van der Waals surface area contributed by atoms with Crippen LogP contribution in [0.3, 0.4) is 0 Å². The first-order valence-corrected chi connectivity index (χ1v) is 6.13. The maximum atomic E-state index is 11.7. The van der Waals surface area contributed by atoms with Crippen LogP contribution in [0, 0.1) is 0 Å². The summed E-state index contributed by atoms with van der Waals surface area (Å²) in [6, 6.07) is 9.81. The molecule has 0 spiro atoms. The second kappa shape index (κ2) is 4.64. The van der Waals surface area contributed by atoms with Gasteiger partial charge in [0.2, 0.25) is 5.88 Å². The fourth-order valence-electron chi connectivity index (χ4n) is 2.18. The minimum Gasteiger partial charge on any atom is -0.464 e. The van der Waals surface area contributed by atoms with Gasteiger partial charge in [-0.2, -0.15) is 0 Å². The zero-order chi connectivity index (χ0) is 12.4. The molecular formula is C14H14N2O2. The number of carbonyl (C=O) groups excluding carboxylic acids is 1. The fraction of sp³-hybridized carbons (Fsp3) is 0.286. The lowest BCUT2D eigenvalue weighted by Crippen LogP contribution is -2.43. The molecule has 2 heterocycles. The summed E-state index contributed by atoms with van der Waals surface area (Å²) in [6.07, 6.45) is 2.98. The molecule has 3 rings (SSSR count). The number of nitrogens with zero attached hydrogens (tertiary/aromatic N) is 1. The topological polar surface area (TPSA) is 51.2 Å². The largest absolute Gasteiger partial charge is 0.464 e. The average molecular weight is 242 g/mol. The highest BCUT2D eigenvalue weighted by molar-refractivity contribution is 5.87. The Labute approximate surface area is 105 Å². The number of fused-ring (bicyclic) bond motifs is 1. The second-order valence-electron chi connectivity index (χ2n) is 4.38. The Morgan fingerprint density at radius 2 is 2.17 bits per heavy atom. The van der Waals surface area contributed by atoms with E-state index in [4.69, 9.17) is 4.74 Å². The number of ether oxygens (including phenoxy) is 1. The Hall–Kier alpha value is -2.10. The van der Waals surface area contributed by atoms with E-state index < -0.39 is 6.10 Å². The standard InChI is InChI=1S/C14H14N2O2/c17-13-12(6-3-8-15-13)18-14-11-5-2-1-4-10(11)7-9-16-14/h1-2,4-5,7,9,12H,3,6,8H2,(H,15,17). The lowest BCUT2D eigenvalue weighted by atomic mass is 10.1. The molecule has 0 bridgehead atoms. The Morgan fingerprint density at radius 3 is 3.06 bits per heavy atom. The summed E-state index contributed by atoms with van der Waals surface area (Å²) in [4.78, 5) is 15.9. The van der Waals surface area contributed by atoms with Gasteiger partial charge in [0.05, 0.1) is 0 Å². The zero-order valence-corrected chi connectivity index (χ0v) is 9.93. The highest BCUT2D eigenvalue weighted by Gasteiger charge is 2.24. The van der Waals surface area contributed by atoms with E-state index in [1.807, 2.05) is 30.3 Å². The minimum absolute atomic E-state index is 0.0454. The van der Waals surface area contributed by atoms with Gasteiger partial charge in [-0.25, -0.2) is 4.98 Å². The first-order valence-electron chi connectivity index (χ1n) is 6.13. The van der Waals surface area contributed by atoms with E-state index >= 15 is 0 Å². The molecule has 1 aliphatic heterocycles. The predicted octanol–water partition coefficient (Wildman–Crippen LogP) is 1.89. The van der Waals surface area contributed by atoms with Crippen molar-refractivity contribution in [2.24, 2.45) is 0 Å². The molecule has 1 fully saturated rings. The maximum Gasteiger partial charge on any atom is 0.261 e. The normalized spacial score (nSPS) is 19.6. The number of carbonyl (C=O) groups is 1. The van der Waals surface area contributed by atoms with Crippen molar-refractivity contribution in [2.45, 2.75) is 18.9 Å². The van der Waals surface area contributed by atoms with E-state index in [1.54, 1.807) is 6.20 Å². The van der Waals surface area contributed by atoms with Gasteiger partial charge < -0.3 is 10.1 Å². The summed E-state index contributed by atoms with van der Waals surface area (Å²) in [5.41, 5.74) is 0. The molecule has 1 N–H and O–H groups in total. The molecule has 0 saturated carbocycles.